The average molecular weight is 275 g/mol. The fourth-order valence-electron chi connectivity index (χ4n) is 2.07. The van der Waals surface area contributed by atoms with Gasteiger partial charge in [0.1, 0.15) is 5.75 Å². The van der Waals surface area contributed by atoms with Gasteiger partial charge in [-0.2, -0.15) is 0 Å². The second kappa shape index (κ2) is 5.21. The second-order valence-corrected chi connectivity index (χ2v) is 5.01. The molecule has 0 amide bonds. The summed E-state index contributed by atoms with van der Waals surface area (Å²) in [5.41, 5.74) is 6.88. The Kier molecular flexibility index (Phi) is 3.40. The molecule has 0 bridgehead atoms. The van der Waals surface area contributed by atoms with Gasteiger partial charge >= 0.3 is 0 Å². The first-order valence-electron chi connectivity index (χ1n) is 6.61. The lowest BCUT2D eigenvalue weighted by Gasteiger charge is -2.14. The molecule has 1 atom stereocenters. The summed E-state index contributed by atoms with van der Waals surface area (Å²) in [5.74, 6) is -0.992. The van der Waals surface area contributed by atoms with Crippen LogP contribution in [0.25, 0.3) is 0 Å². The van der Waals surface area contributed by atoms with Crippen LogP contribution in [0.3, 0.4) is 0 Å². The van der Waals surface area contributed by atoms with Crippen molar-refractivity contribution in [3.63, 3.8) is 0 Å². The Morgan fingerprint density at radius 3 is 2.40 bits per heavy atom. The summed E-state index contributed by atoms with van der Waals surface area (Å²) in [6.45, 7) is 0. The minimum Gasteiger partial charge on any atom is -0.490 e. The lowest BCUT2D eigenvalue weighted by molar-refractivity contribution is 0.303. The Morgan fingerprint density at radius 2 is 1.75 bits per heavy atom. The van der Waals surface area contributed by atoms with Crippen molar-refractivity contribution in [3.05, 3.63) is 65.2 Å². The quantitative estimate of drug-likeness (QED) is 0.926. The minimum atomic E-state index is -0.890. The smallest absolute Gasteiger partial charge is 0.163 e. The van der Waals surface area contributed by atoms with Crippen molar-refractivity contribution in [2.45, 2.75) is 25.0 Å². The largest absolute Gasteiger partial charge is 0.490 e. The molecule has 0 spiro atoms. The Morgan fingerprint density at radius 1 is 1.05 bits per heavy atom. The van der Waals surface area contributed by atoms with Gasteiger partial charge in [-0.05, 0) is 36.6 Å². The molecule has 2 aromatic rings. The zero-order valence-corrected chi connectivity index (χ0v) is 10.9. The van der Waals surface area contributed by atoms with Crippen molar-refractivity contribution < 1.29 is 13.5 Å². The van der Waals surface area contributed by atoms with Crippen LogP contribution in [0.1, 0.15) is 30.0 Å². The first-order valence-corrected chi connectivity index (χ1v) is 6.61. The number of ether oxygens (including phenoxy) is 1. The third kappa shape index (κ3) is 2.65. The Hall–Kier alpha value is -1.94. The van der Waals surface area contributed by atoms with Crippen LogP contribution in [-0.4, -0.2) is 6.10 Å². The van der Waals surface area contributed by atoms with Gasteiger partial charge < -0.3 is 10.5 Å². The third-order valence-corrected chi connectivity index (χ3v) is 3.38. The molecule has 2 aromatic carbocycles. The molecule has 1 saturated carbocycles. The molecule has 1 aliphatic carbocycles. The Labute approximate surface area is 116 Å². The van der Waals surface area contributed by atoms with Gasteiger partial charge in [-0.3, -0.25) is 0 Å². The molecular weight excluding hydrogens is 260 g/mol. The van der Waals surface area contributed by atoms with Gasteiger partial charge in [0.25, 0.3) is 0 Å². The molecule has 20 heavy (non-hydrogen) atoms. The molecule has 0 aliphatic heterocycles. The maximum absolute atomic E-state index is 13.7. The standard InChI is InChI=1S/C16H15F2NO/c17-14-3-1-2-13(15(14)18)16(19)10-4-6-11(7-5-10)20-12-8-9-12/h1-7,12,16H,8-9,19H2. The van der Waals surface area contributed by atoms with Gasteiger partial charge in [0, 0.05) is 5.56 Å². The van der Waals surface area contributed by atoms with E-state index in [9.17, 15) is 8.78 Å². The summed E-state index contributed by atoms with van der Waals surface area (Å²) in [7, 11) is 0. The minimum absolute atomic E-state index is 0.154. The zero-order chi connectivity index (χ0) is 14.1. The SMILES string of the molecule is NC(c1ccc(OC2CC2)cc1)c1cccc(F)c1F. The number of nitrogens with two attached hydrogens (primary N) is 1. The van der Waals surface area contributed by atoms with Crippen LogP contribution in [0.4, 0.5) is 8.78 Å². The predicted octanol–water partition coefficient (Wildman–Crippen LogP) is 3.55. The number of halogens is 2. The lowest BCUT2D eigenvalue weighted by atomic mass is 9.99. The summed E-state index contributed by atoms with van der Waals surface area (Å²) in [4.78, 5) is 0. The van der Waals surface area contributed by atoms with Crippen LogP contribution in [0.2, 0.25) is 0 Å². The van der Waals surface area contributed by atoms with Crippen molar-refractivity contribution in [1.29, 1.82) is 0 Å². The molecule has 1 fully saturated rings. The molecule has 0 heterocycles. The van der Waals surface area contributed by atoms with Crippen molar-refractivity contribution >= 4 is 0 Å². The molecule has 0 radical (unpaired) electrons. The summed E-state index contributed by atoms with van der Waals surface area (Å²) >= 11 is 0. The van der Waals surface area contributed by atoms with Crippen LogP contribution in [0.5, 0.6) is 5.75 Å². The molecule has 4 heteroatoms. The fourth-order valence-corrected chi connectivity index (χ4v) is 2.07. The van der Waals surface area contributed by atoms with Crippen LogP contribution in [0, 0.1) is 11.6 Å². The van der Waals surface area contributed by atoms with Gasteiger partial charge in [-0.25, -0.2) is 8.78 Å². The van der Waals surface area contributed by atoms with Crippen molar-refractivity contribution in [1.82, 2.24) is 0 Å². The van der Waals surface area contributed by atoms with Crippen LogP contribution in [-0.2, 0) is 0 Å². The molecule has 1 aliphatic rings. The monoisotopic (exact) mass is 275 g/mol. The fraction of sp³-hybridized carbons (Fsp3) is 0.250. The highest BCUT2D eigenvalue weighted by atomic mass is 19.2. The molecule has 1 unspecified atom stereocenters. The molecule has 0 aromatic heterocycles. The van der Waals surface area contributed by atoms with Crippen LogP contribution >= 0.6 is 0 Å². The molecule has 0 saturated heterocycles. The van der Waals surface area contributed by atoms with Crippen LogP contribution < -0.4 is 10.5 Å². The summed E-state index contributed by atoms with van der Waals surface area (Å²) in [5, 5.41) is 0. The highest BCUT2D eigenvalue weighted by molar-refractivity contribution is 5.36. The van der Waals surface area contributed by atoms with E-state index in [0.29, 0.717) is 6.10 Å². The van der Waals surface area contributed by atoms with Gasteiger partial charge in [0.05, 0.1) is 12.1 Å². The normalized spacial score (nSPS) is 15.9. The molecule has 2 N–H and O–H groups in total. The molecule has 104 valence electrons. The maximum atomic E-state index is 13.7. The summed E-state index contributed by atoms with van der Waals surface area (Å²) in [6.07, 6.45) is 2.51. The van der Waals surface area contributed by atoms with E-state index in [1.165, 1.54) is 12.1 Å². The third-order valence-electron chi connectivity index (χ3n) is 3.38. The van der Waals surface area contributed by atoms with Gasteiger partial charge in [-0.1, -0.05) is 24.3 Å². The van der Waals surface area contributed by atoms with Crippen LogP contribution in [0.15, 0.2) is 42.5 Å². The van der Waals surface area contributed by atoms with E-state index in [1.807, 2.05) is 12.1 Å². The van der Waals surface area contributed by atoms with E-state index in [1.54, 1.807) is 12.1 Å². The Bertz CT molecular complexity index is 608. The number of hydrogen-bond acceptors (Lipinski definition) is 2. The maximum Gasteiger partial charge on any atom is 0.163 e. The molecule has 2 nitrogen and oxygen atoms in total. The highest BCUT2D eigenvalue weighted by Gasteiger charge is 2.23. The first kappa shape index (κ1) is 13.1. The van der Waals surface area contributed by atoms with E-state index in [4.69, 9.17) is 10.5 Å². The van der Waals surface area contributed by atoms with E-state index in [0.717, 1.165) is 30.2 Å². The van der Waals surface area contributed by atoms with Gasteiger partial charge in [0.15, 0.2) is 11.6 Å². The topological polar surface area (TPSA) is 35.2 Å². The van der Waals surface area contributed by atoms with Gasteiger partial charge in [-0.15, -0.1) is 0 Å². The molecular formula is C16H15F2NO. The summed E-state index contributed by atoms with van der Waals surface area (Å²) in [6, 6.07) is 10.5. The number of benzene rings is 2. The zero-order valence-electron chi connectivity index (χ0n) is 10.9. The van der Waals surface area contributed by atoms with Gasteiger partial charge in [0.2, 0.25) is 0 Å². The highest BCUT2D eigenvalue weighted by Crippen LogP contribution is 2.29. The lowest BCUT2D eigenvalue weighted by Crippen LogP contribution is -2.14. The van der Waals surface area contributed by atoms with Crippen molar-refractivity contribution in [3.8, 4) is 5.75 Å². The molecule has 3 rings (SSSR count). The number of hydrogen-bond donors (Lipinski definition) is 1. The first-order chi connectivity index (χ1) is 9.65. The number of rotatable bonds is 4. The van der Waals surface area contributed by atoms with Crippen molar-refractivity contribution in [2.75, 3.05) is 0 Å². The van der Waals surface area contributed by atoms with E-state index < -0.39 is 17.7 Å². The Balaban J connectivity index is 1.82. The van der Waals surface area contributed by atoms with E-state index in [2.05, 4.69) is 0 Å². The summed E-state index contributed by atoms with van der Waals surface area (Å²) < 4.78 is 32.6. The van der Waals surface area contributed by atoms with E-state index >= 15 is 0 Å². The predicted molar refractivity (Wildman–Crippen MR) is 72.5 cm³/mol. The second-order valence-electron chi connectivity index (χ2n) is 5.01. The van der Waals surface area contributed by atoms with Crippen molar-refractivity contribution in [2.24, 2.45) is 5.73 Å². The average Bonchev–Trinajstić information content (AvgIpc) is 3.26. The van der Waals surface area contributed by atoms with E-state index in [-0.39, 0.29) is 5.56 Å².